The standard InChI is InChI=1S/C23H23F3N2O3/c1-22(2,3)13-27(14-23(24,25)26)19(29)16-9-10-17-18(11-16)21(31)28(20(17)30)12-15-7-5-4-6-8-15/h4-11H,12-14H2,1-3H3. The summed E-state index contributed by atoms with van der Waals surface area (Å²) in [5.41, 5.74) is 0.297. The predicted molar refractivity (Wildman–Crippen MR) is 109 cm³/mol. The maximum absolute atomic E-state index is 13.0. The molecule has 1 heterocycles. The van der Waals surface area contributed by atoms with E-state index < -0.39 is 35.9 Å². The van der Waals surface area contributed by atoms with Crippen LogP contribution in [0.1, 0.15) is 57.4 Å². The van der Waals surface area contributed by atoms with Gasteiger partial charge in [-0.1, -0.05) is 51.1 Å². The summed E-state index contributed by atoms with van der Waals surface area (Å²) >= 11 is 0. The fourth-order valence-corrected chi connectivity index (χ4v) is 3.50. The number of rotatable bonds is 5. The van der Waals surface area contributed by atoms with E-state index in [2.05, 4.69) is 0 Å². The van der Waals surface area contributed by atoms with Crippen LogP contribution in [0.4, 0.5) is 13.2 Å². The van der Waals surface area contributed by atoms with E-state index in [0.717, 1.165) is 15.4 Å². The summed E-state index contributed by atoms with van der Waals surface area (Å²) in [7, 11) is 0. The summed E-state index contributed by atoms with van der Waals surface area (Å²) < 4.78 is 39.1. The average Bonchev–Trinajstić information content (AvgIpc) is 2.90. The van der Waals surface area contributed by atoms with Gasteiger partial charge in [-0.25, -0.2) is 0 Å². The van der Waals surface area contributed by atoms with E-state index in [1.807, 2.05) is 6.07 Å². The second-order valence-electron chi connectivity index (χ2n) is 8.78. The molecule has 0 aliphatic carbocycles. The second-order valence-corrected chi connectivity index (χ2v) is 8.78. The van der Waals surface area contributed by atoms with E-state index in [0.29, 0.717) is 0 Å². The number of hydrogen-bond acceptors (Lipinski definition) is 3. The summed E-state index contributed by atoms with van der Waals surface area (Å²) in [5, 5.41) is 0. The van der Waals surface area contributed by atoms with Crippen LogP contribution in [-0.2, 0) is 6.54 Å². The first-order valence-corrected chi connectivity index (χ1v) is 9.76. The minimum absolute atomic E-state index is 0.0227. The van der Waals surface area contributed by atoms with Gasteiger partial charge in [0.2, 0.25) is 0 Å². The van der Waals surface area contributed by atoms with Gasteiger partial charge in [0.1, 0.15) is 6.54 Å². The number of hydrogen-bond donors (Lipinski definition) is 0. The molecule has 0 N–H and O–H groups in total. The van der Waals surface area contributed by atoms with Crippen LogP contribution < -0.4 is 0 Å². The first-order chi connectivity index (χ1) is 14.4. The van der Waals surface area contributed by atoms with Crippen molar-refractivity contribution >= 4 is 17.7 Å². The molecule has 0 fully saturated rings. The molecule has 0 bridgehead atoms. The number of fused-ring (bicyclic) bond motifs is 1. The Hall–Kier alpha value is -3.16. The van der Waals surface area contributed by atoms with Gasteiger partial charge in [0.05, 0.1) is 17.7 Å². The van der Waals surface area contributed by atoms with E-state index in [1.165, 1.54) is 18.2 Å². The number of halogens is 3. The van der Waals surface area contributed by atoms with E-state index >= 15 is 0 Å². The van der Waals surface area contributed by atoms with Crippen molar-refractivity contribution in [3.8, 4) is 0 Å². The molecule has 0 saturated carbocycles. The van der Waals surface area contributed by atoms with Crippen LogP contribution in [-0.4, -0.2) is 46.8 Å². The molecule has 3 amide bonds. The maximum Gasteiger partial charge on any atom is 0.406 e. The Bertz CT molecular complexity index is 995. The van der Waals surface area contributed by atoms with Crippen LogP contribution in [0.25, 0.3) is 0 Å². The van der Waals surface area contributed by atoms with E-state index in [9.17, 15) is 27.6 Å². The highest BCUT2D eigenvalue weighted by molar-refractivity contribution is 6.22. The number of alkyl halides is 3. The van der Waals surface area contributed by atoms with E-state index in [-0.39, 0.29) is 29.8 Å². The molecule has 2 aromatic rings. The lowest BCUT2D eigenvalue weighted by Crippen LogP contribution is -2.43. The molecular formula is C23H23F3N2O3. The predicted octanol–water partition coefficient (Wildman–Crippen LogP) is 4.53. The molecule has 0 spiro atoms. The molecule has 0 radical (unpaired) electrons. The Morgan fingerprint density at radius 3 is 2.10 bits per heavy atom. The maximum atomic E-state index is 13.0. The minimum Gasteiger partial charge on any atom is -0.329 e. The first kappa shape index (κ1) is 22.5. The minimum atomic E-state index is -4.56. The number of amides is 3. The molecular weight excluding hydrogens is 409 g/mol. The summed E-state index contributed by atoms with van der Waals surface area (Å²) in [6, 6.07) is 12.8. The Morgan fingerprint density at radius 1 is 0.903 bits per heavy atom. The van der Waals surface area contributed by atoms with Gasteiger partial charge in [-0.2, -0.15) is 13.2 Å². The zero-order chi connectivity index (χ0) is 23.0. The van der Waals surface area contributed by atoms with Crippen molar-refractivity contribution in [2.75, 3.05) is 13.1 Å². The molecule has 0 atom stereocenters. The van der Waals surface area contributed by atoms with Crippen molar-refractivity contribution in [3.63, 3.8) is 0 Å². The molecule has 1 aliphatic rings. The molecule has 5 nitrogen and oxygen atoms in total. The van der Waals surface area contributed by atoms with Gasteiger partial charge in [-0.05, 0) is 29.2 Å². The average molecular weight is 432 g/mol. The van der Waals surface area contributed by atoms with Crippen molar-refractivity contribution < 1.29 is 27.6 Å². The lowest BCUT2D eigenvalue weighted by molar-refractivity contribution is -0.142. The zero-order valence-electron chi connectivity index (χ0n) is 17.5. The third-order valence-corrected chi connectivity index (χ3v) is 4.72. The van der Waals surface area contributed by atoms with Crippen LogP contribution in [0.3, 0.4) is 0 Å². The van der Waals surface area contributed by atoms with Crippen LogP contribution >= 0.6 is 0 Å². The number of carbonyl (C=O) groups is 3. The van der Waals surface area contributed by atoms with E-state index in [4.69, 9.17) is 0 Å². The third-order valence-electron chi connectivity index (χ3n) is 4.72. The first-order valence-electron chi connectivity index (χ1n) is 9.76. The smallest absolute Gasteiger partial charge is 0.329 e. The molecule has 164 valence electrons. The highest BCUT2D eigenvalue weighted by Gasteiger charge is 2.38. The molecule has 0 aromatic heterocycles. The number of imide groups is 1. The molecule has 0 unspecified atom stereocenters. The number of benzene rings is 2. The second kappa shape index (κ2) is 8.17. The Balaban J connectivity index is 1.88. The molecule has 8 heteroatoms. The number of carbonyl (C=O) groups excluding carboxylic acids is 3. The van der Waals surface area contributed by atoms with E-state index in [1.54, 1.807) is 45.0 Å². The van der Waals surface area contributed by atoms with Crippen molar-refractivity contribution in [1.82, 2.24) is 9.80 Å². The summed E-state index contributed by atoms with van der Waals surface area (Å²) in [5.74, 6) is -1.90. The SMILES string of the molecule is CC(C)(C)CN(CC(F)(F)F)C(=O)c1ccc2c(c1)C(=O)N(Cc1ccccc1)C2=O. The van der Waals surface area contributed by atoms with Gasteiger partial charge in [0.15, 0.2) is 0 Å². The fraction of sp³-hybridized carbons (Fsp3) is 0.348. The number of nitrogens with zero attached hydrogens (tertiary/aromatic N) is 2. The topological polar surface area (TPSA) is 57.7 Å². The Morgan fingerprint density at radius 2 is 1.52 bits per heavy atom. The Labute approximate surface area is 178 Å². The van der Waals surface area contributed by atoms with Gasteiger partial charge in [0.25, 0.3) is 17.7 Å². The fourth-order valence-electron chi connectivity index (χ4n) is 3.50. The van der Waals surface area contributed by atoms with Gasteiger partial charge in [-0.3, -0.25) is 19.3 Å². The van der Waals surface area contributed by atoms with Crippen LogP contribution in [0.15, 0.2) is 48.5 Å². The van der Waals surface area contributed by atoms with Gasteiger partial charge >= 0.3 is 6.18 Å². The lowest BCUT2D eigenvalue weighted by Gasteiger charge is -2.30. The highest BCUT2D eigenvalue weighted by atomic mass is 19.4. The van der Waals surface area contributed by atoms with Crippen molar-refractivity contribution in [2.24, 2.45) is 5.41 Å². The molecule has 3 rings (SSSR count). The summed E-state index contributed by atoms with van der Waals surface area (Å²) in [4.78, 5) is 40.1. The lowest BCUT2D eigenvalue weighted by atomic mass is 9.95. The van der Waals surface area contributed by atoms with Gasteiger partial charge < -0.3 is 4.90 Å². The van der Waals surface area contributed by atoms with Gasteiger partial charge in [0, 0.05) is 12.1 Å². The zero-order valence-corrected chi connectivity index (χ0v) is 17.5. The highest BCUT2D eigenvalue weighted by Crippen LogP contribution is 2.28. The molecule has 31 heavy (non-hydrogen) atoms. The molecule has 1 aliphatic heterocycles. The monoisotopic (exact) mass is 432 g/mol. The molecule has 2 aromatic carbocycles. The van der Waals surface area contributed by atoms with Crippen molar-refractivity contribution in [3.05, 3.63) is 70.8 Å². The van der Waals surface area contributed by atoms with Crippen molar-refractivity contribution in [1.29, 1.82) is 0 Å². The van der Waals surface area contributed by atoms with Crippen LogP contribution in [0.2, 0.25) is 0 Å². The van der Waals surface area contributed by atoms with Crippen molar-refractivity contribution in [2.45, 2.75) is 33.5 Å². The normalized spacial score (nSPS) is 14.1. The largest absolute Gasteiger partial charge is 0.406 e. The van der Waals surface area contributed by atoms with Crippen LogP contribution in [0.5, 0.6) is 0 Å². The third kappa shape index (κ3) is 5.31. The Kier molecular flexibility index (Phi) is 5.93. The summed E-state index contributed by atoms with van der Waals surface area (Å²) in [6.07, 6.45) is -4.56. The van der Waals surface area contributed by atoms with Crippen LogP contribution in [0, 0.1) is 5.41 Å². The van der Waals surface area contributed by atoms with Gasteiger partial charge in [-0.15, -0.1) is 0 Å². The quantitative estimate of drug-likeness (QED) is 0.652. The molecule has 0 saturated heterocycles. The summed E-state index contributed by atoms with van der Waals surface area (Å²) in [6.45, 7) is 3.76.